The number of hydrogen-bond acceptors (Lipinski definition) is 7. The zero-order valence-corrected chi connectivity index (χ0v) is 20.2. The molecule has 34 heavy (non-hydrogen) atoms. The molecule has 1 fully saturated rings. The van der Waals surface area contributed by atoms with Gasteiger partial charge in [-0.1, -0.05) is 0 Å². The lowest BCUT2D eigenvalue weighted by Gasteiger charge is -2.34. The molecule has 1 aliphatic heterocycles. The molecule has 0 radical (unpaired) electrons. The summed E-state index contributed by atoms with van der Waals surface area (Å²) >= 11 is 0. The minimum absolute atomic E-state index is 0.293. The molecule has 0 spiro atoms. The minimum atomic E-state index is -0.724. The molecule has 3 heterocycles. The number of aryl methyl sites for hydroxylation is 1. The van der Waals surface area contributed by atoms with Gasteiger partial charge in [-0.15, -0.1) is 0 Å². The van der Waals surface area contributed by atoms with Crippen molar-refractivity contribution in [1.29, 1.82) is 0 Å². The third-order valence-corrected chi connectivity index (χ3v) is 5.62. The maximum atomic E-state index is 13.7. The summed E-state index contributed by atoms with van der Waals surface area (Å²) in [6, 6.07) is 6.74. The van der Waals surface area contributed by atoms with E-state index < -0.39 is 17.6 Å². The van der Waals surface area contributed by atoms with Gasteiger partial charge in [0.05, 0.1) is 18.8 Å². The molecule has 3 aromatic rings. The Hall–Kier alpha value is -3.46. The van der Waals surface area contributed by atoms with Gasteiger partial charge in [0.2, 0.25) is 5.88 Å². The molecule has 0 aliphatic carbocycles. The molecule has 1 aliphatic rings. The lowest BCUT2D eigenvalue weighted by Crippen LogP contribution is -2.49. The predicted molar refractivity (Wildman–Crippen MR) is 127 cm³/mol. The standard InChI is InChI=1S/C25H30N4O5/c1-25(2,3)34-24(31)29(18-8-10-33-11-9-18)23(30)16-6-7-21-20(12-16)19(13-22(27-21)32-5)17-14-26-28(4)15-17/h6-7,12-15,18H,8-11H2,1-5H3. The molecular weight excluding hydrogens is 436 g/mol. The number of ether oxygens (including phenoxy) is 3. The van der Waals surface area contributed by atoms with Crippen LogP contribution in [0.2, 0.25) is 0 Å². The first-order valence-corrected chi connectivity index (χ1v) is 11.3. The molecule has 1 saturated heterocycles. The Labute approximate surface area is 198 Å². The predicted octanol–water partition coefficient (Wildman–Crippen LogP) is 4.20. The van der Waals surface area contributed by atoms with Gasteiger partial charge in [-0.05, 0) is 57.4 Å². The summed E-state index contributed by atoms with van der Waals surface area (Å²) < 4.78 is 18.1. The molecule has 9 nitrogen and oxygen atoms in total. The van der Waals surface area contributed by atoms with Gasteiger partial charge in [-0.25, -0.2) is 14.7 Å². The van der Waals surface area contributed by atoms with Crippen LogP contribution >= 0.6 is 0 Å². The highest BCUT2D eigenvalue weighted by Gasteiger charge is 2.35. The highest BCUT2D eigenvalue weighted by molar-refractivity contribution is 6.07. The SMILES string of the molecule is COc1cc(-c2cnn(C)c2)c2cc(C(=O)N(C(=O)OC(C)(C)C)C3CCOCC3)ccc2n1. The molecule has 4 rings (SSSR count). The monoisotopic (exact) mass is 466 g/mol. The Bertz CT molecular complexity index is 1210. The van der Waals surface area contributed by atoms with E-state index in [-0.39, 0.29) is 6.04 Å². The van der Waals surface area contributed by atoms with Gasteiger partial charge in [0.25, 0.3) is 5.91 Å². The number of amides is 2. The number of hydrogen-bond donors (Lipinski definition) is 0. The lowest BCUT2D eigenvalue weighted by atomic mass is 10.0. The number of rotatable bonds is 4. The van der Waals surface area contributed by atoms with Crippen LogP contribution in [0.4, 0.5) is 4.79 Å². The summed E-state index contributed by atoms with van der Waals surface area (Å²) in [5.74, 6) is 0.0546. The maximum Gasteiger partial charge on any atom is 0.417 e. The summed E-state index contributed by atoms with van der Waals surface area (Å²) in [5.41, 5.74) is 2.02. The summed E-state index contributed by atoms with van der Waals surface area (Å²) in [6.45, 7) is 6.33. The second-order valence-electron chi connectivity index (χ2n) is 9.35. The number of pyridine rings is 1. The number of nitrogens with zero attached hydrogens (tertiary/aromatic N) is 4. The van der Waals surface area contributed by atoms with Crippen molar-refractivity contribution in [3.8, 4) is 17.0 Å². The quantitative estimate of drug-likeness (QED) is 0.569. The highest BCUT2D eigenvalue weighted by atomic mass is 16.6. The van der Waals surface area contributed by atoms with E-state index in [0.29, 0.717) is 43.0 Å². The van der Waals surface area contributed by atoms with Crippen molar-refractivity contribution < 1.29 is 23.8 Å². The van der Waals surface area contributed by atoms with Crippen LogP contribution in [-0.4, -0.2) is 63.6 Å². The first-order chi connectivity index (χ1) is 16.2. The van der Waals surface area contributed by atoms with Gasteiger partial charge < -0.3 is 14.2 Å². The van der Waals surface area contributed by atoms with Crippen molar-refractivity contribution in [2.75, 3.05) is 20.3 Å². The first-order valence-electron chi connectivity index (χ1n) is 11.3. The van der Waals surface area contributed by atoms with Crippen LogP contribution in [0, 0.1) is 0 Å². The van der Waals surface area contributed by atoms with E-state index in [2.05, 4.69) is 10.1 Å². The average molecular weight is 467 g/mol. The minimum Gasteiger partial charge on any atom is -0.481 e. The molecule has 2 amide bonds. The lowest BCUT2D eigenvalue weighted by molar-refractivity contribution is -0.00163. The average Bonchev–Trinajstić information content (AvgIpc) is 3.23. The molecule has 0 unspecified atom stereocenters. The zero-order chi connectivity index (χ0) is 24.5. The number of aromatic nitrogens is 3. The summed E-state index contributed by atoms with van der Waals surface area (Å²) in [5, 5.41) is 5.03. The van der Waals surface area contributed by atoms with Crippen LogP contribution in [0.15, 0.2) is 36.7 Å². The van der Waals surface area contributed by atoms with Crippen LogP contribution < -0.4 is 4.74 Å². The van der Waals surface area contributed by atoms with Crippen LogP contribution in [-0.2, 0) is 16.5 Å². The normalized spacial score (nSPS) is 14.7. The largest absolute Gasteiger partial charge is 0.481 e. The number of benzene rings is 1. The smallest absolute Gasteiger partial charge is 0.417 e. The third kappa shape index (κ3) is 5.04. The summed E-state index contributed by atoms with van der Waals surface area (Å²) in [4.78, 5) is 32.6. The molecule has 0 saturated carbocycles. The highest BCUT2D eigenvalue weighted by Crippen LogP contribution is 2.32. The Balaban J connectivity index is 1.78. The molecular formula is C25H30N4O5. The molecule has 1 aromatic carbocycles. The number of fused-ring (bicyclic) bond motifs is 1. The summed E-state index contributed by atoms with van der Waals surface area (Å²) in [6.07, 6.45) is 4.12. The van der Waals surface area contributed by atoms with Crippen LogP contribution in [0.1, 0.15) is 44.0 Å². The fourth-order valence-corrected chi connectivity index (χ4v) is 4.03. The van der Waals surface area contributed by atoms with Crippen molar-refractivity contribution in [1.82, 2.24) is 19.7 Å². The van der Waals surface area contributed by atoms with Gasteiger partial charge in [-0.2, -0.15) is 5.10 Å². The second-order valence-corrected chi connectivity index (χ2v) is 9.35. The zero-order valence-electron chi connectivity index (χ0n) is 20.2. The third-order valence-electron chi connectivity index (χ3n) is 5.62. The topological polar surface area (TPSA) is 95.8 Å². The number of methoxy groups -OCH3 is 1. The van der Waals surface area contributed by atoms with Gasteiger partial charge in [-0.3, -0.25) is 9.48 Å². The van der Waals surface area contributed by atoms with Gasteiger partial charge >= 0.3 is 6.09 Å². The fourth-order valence-electron chi connectivity index (χ4n) is 4.03. The Morgan fingerprint density at radius 3 is 2.53 bits per heavy atom. The Kier molecular flexibility index (Phi) is 6.56. The number of carbonyl (C=O) groups excluding carboxylic acids is 2. The number of imide groups is 1. The fraction of sp³-hybridized carbons (Fsp3) is 0.440. The molecule has 180 valence electrons. The van der Waals surface area contributed by atoms with Crippen molar-refractivity contribution in [3.05, 3.63) is 42.2 Å². The molecule has 0 bridgehead atoms. The Morgan fingerprint density at radius 2 is 1.91 bits per heavy atom. The van der Waals surface area contributed by atoms with E-state index >= 15 is 0 Å². The maximum absolute atomic E-state index is 13.7. The molecule has 0 N–H and O–H groups in total. The van der Waals surface area contributed by atoms with E-state index in [4.69, 9.17) is 14.2 Å². The van der Waals surface area contributed by atoms with Crippen molar-refractivity contribution in [2.24, 2.45) is 7.05 Å². The van der Waals surface area contributed by atoms with Crippen LogP contribution in [0.5, 0.6) is 5.88 Å². The first kappa shape index (κ1) is 23.7. The van der Waals surface area contributed by atoms with Gasteiger partial charge in [0, 0.05) is 55.1 Å². The van der Waals surface area contributed by atoms with Gasteiger partial charge in [0.15, 0.2) is 0 Å². The Morgan fingerprint density at radius 1 is 1.18 bits per heavy atom. The van der Waals surface area contributed by atoms with Crippen LogP contribution in [0.25, 0.3) is 22.0 Å². The molecule has 2 aromatic heterocycles. The molecule has 9 heteroatoms. The molecule has 0 atom stereocenters. The van der Waals surface area contributed by atoms with Crippen LogP contribution in [0.3, 0.4) is 0 Å². The van der Waals surface area contributed by atoms with Crippen molar-refractivity contribution in [2.45, 2.75) is 45.3 Å². The number of carbonyl (C=O) groups is 2. The summed E-state index contributed by atoms with van der Waals surface area (Å²) in [7, 11) is 3.40. The second kappa shape index (κ2) is 9.42. The van der Waals surface area contributed by atoms with Gasteiger partial charge in [0.1, 0.15) is 5.60 Å². The van der Waals surface area contributed by atoms with E-state index in [0.717, 1.165) is 16.5 Å². The van der Waals surface area contributed by atoms with E-state index in [9.17, 15) is 9.59 Å². The van der Waals surface area contributed by atoms with E-state index in [1.807, 2.05) is 19.3 Å². The van der Waals surface area contributed by atoms with Crippen molar-refractivity contribution >= 4 is 22.9 Å². The van der Waals surface area contributed by atoms with E-state index in [1.165, 1.54) is 4.90 Å². The van der Waals surface area contributed by atoms with Crippen molar-refractivity contribution in [3.63, 3.8) is 0 Å². The van der Waals surface area contributed by atoms with E-state index in [1.54, 1.807) is 57.0 Å².